The van der Waals surface area contributed by atoms with Gasteiger partial charge in [0.05, 0.1) is 17.0 Å². The lowest BCUT2D eigenvalue weighted by atomic mass is 9.68. The van der Waals surface area contributed by atoms with Gasteiger partial charge in [-0.2, -0.15) is 0 Å². The van der Waals surface area contributed by atoms with Crippen LogP contribution >= 0.6 is 11.6 Å². The Labute approximate surface area is 176 Å². The molecule has 0 spiro atoms. The smallest absolute Gasteiger partial charge is 0.235 e. The van der Waals surface area contributed by atoms with Crippen LogP contribution in [0.5, 0.6) is 5.75 Å². The number of ether oxygens (including phenoxy) is 2. The van der Waals surface area contributed by atoms with Crippen LogP contribution in [0, 0.1) is 5.82 Å². The van der Waals surface area contributed by atoms with Gasteiger partial charge in [-0.05, 0) is 55.7 Å². The number of rotatable bonds is 7. The van der Waals surface area contributed by atoms with Crippen molar-refractivity contribution in [1.29, 1.82) is 0 Å². The zero-order valence-electron chi connectivity index (χ0n) is 16.8. The first kappa shape index (κ1) is 21.6. The minimum absolute atomic E-state index is 0.0821. The van der Waals surface area contributed by atoms with Crippen molar-refractivity contribution >= 4 is 23.2 Å². The minimum Gasteiger partial charge on any atom is -0.487 e. The molecule has 156 valence electrons. The van der Waals surface area contributed by atoms with Crippen molar-refractivity contribution in [2.24, 2.45) is 0 Å². The van der Waals surface area contributed by atoms with Gasteiger partial charge in [0.1, 0.15) is 17.7 Å². The molecule has 2 aromatic carbocycles. The molecule has 1 aliphatic rings. The van der Waals surface area contributed by atoms with E-state index in [1.807, 2.05) is 6.92 Å². The number of hydrogen-bond donors (Lipinski definition) is 1. The van der Waals surface area contributed by atoms with Crippen LogP contribution in [0.2, 0.25) is 5.02 Å². The van der Waals surface area contributed by atoms with E-state index >= 15 is 0 Å². The van der Waals surface area contributed by atoms with E-state index in [9.17, 15) is 9.18 Å². The summed E-state index contributed by atoms with van der Waals surface area (Å²) in [6.07, 6.45) is 4.39. The molecular weight excluding hydrogens is 393 g/mol. The molecule has 0 bridgehead atoms. The summed E-state index contributed by atoms with van der Waals surface area (Å²) in [5.74, 6) is 0.159. The maximum atomic E-state index is 13.4. The second-order valence-corrected chi connectivity index (χ2v) is 8.04. The molecule has 0 radical (unpaired) electrons. The van der Waals surface area contributed by atoms with Crippen molar-refractivity contribution < 1.29 is 18.7 Å². The Morgan fingerprint density at radius 1 is 1.17 bits per heavy atom. The normalized spacial score (nSPS) is 16.8. The highest BCUT2D eigenvalue weighted by atomic mass is 35.5. The van der Waals surface area contributed by atoms with E-state index < -0.39 is 5.41 Å². The van der Waals surface area contributed by atoms with Crippen molar-refractivity contribution in [1.82, 2.24) is 0 Å². The highest BCUT2D eigenvalue weighted by Gasteiger charge is 2.41. The first-order valence-corrected chi connectivity index (χ1v) is 10.3. The predicted octanol–water partition coefficient (Wildman–Crippen LogP) is 5.73. The van der Waals surface area contributed by atoms with Crippen molar-refractivity contribution in [3.05, 3.63) is 58.9 Å². The van der Waals surface area contributed by atoms with E-state index in [0.717, 1.165) is 37.7 Å². The van der Waals surface area contributed by atoms with Gasteiger partial charge in [-0.1, -0.05) is 43.0 Å². The van der Waals surface area contributed by atoms with Crippen LogP contribution in [-0.2, 0) is 14.9 Å². The average Bonchev–Trinajstić information content (AvgIpc) is 2.71. The minimum atomic E-state index is -0.652. The van der Waals surface area contributed by atoms with E-state index in [2.05, 4.69) is 5.32 Å². The van der Waals surface area contributed by atoms with Gasteiger partial charge >= 0.3 is 0 Å². The molecule has 1 aliphatic carbocycles. The maximum Gasteiger partial charge on any atom is 0.235 e. The van der Waals surface area contributed by atoms with Crippen molar-refractivity contribution in [3.8, 4) is 5.75 Å². The molecule has 3 rings (SSSR count). The molecule has 0 aromatic heterocycles. The fourth-order valence-corrected chi connectivity index (χ4v) is 4.21. The largest absolute Gasteiger partial charge is 0.487 e. The SMILES string of the molecule is COC[C@H](C)Oc1ccc(NC(=O)C2(c3ccc(F)cc3)CCCCC2)cc1Cl. The van der Waals surface area contributed by atoms with Gasteiger partial charge in [0.25, 0.3) is 0 Å². The second-order valence-electron chi connectivity index (χ2n) is 7.63. The van der Waals surface area contributed by atoms with Gasteiger partial charge in [0.2, 0.25) is 5.91 Å². The van der Waals surface area contributed by atoms with Crippen LogP contribution in [0.15, 0.2) is 42.5 Å². The number of nitrogens with one attached hydrogen (secondary N) is 1. The fraction of sp³-hybridized carbons (Fsp3) is 0.435. The molecule has 0 aliphatic heterocycles. The molecule has 1 saturated carbocycles. The third kappa shape index (κ3) is 5.09. The topological polar surface area (TPSA) is 47.6 Å². The monoisotopic (exact) mass is 419 g/mol. The first-order chi connectivity index (χ1) is 13.9. The van der Waals surface area contributed by atoms with Crippen LogP contribution in [0.1, 0.15) is 44.6 Å². The lowest BCUT2D eigenvalue weighted by molar-refractivity contribution is -0.122. The zero-order valence-corrected chi connectivity index (χ0v) is 17.6. The number of halogens is 2. The van der Waals surface area contributed by atoms with Crippen molar-refractivity contribution in [2.75, 3.05) is 19.0 Å². The molecule has 1 atom stereocenters. The molecule has 29 heavy (non-hydrogen) atoms. The maximum absolute atomic E-state index is 13.4. The number of amides is 1. The van der Waals surface area contributed by atoms with E-state index in [1.54, 1.807) is 37.4 Å². The highest BCUT2D eigenvalue weighted by Crippen LogP contribution is 2.41. The van der Waals surface area contributed by atoms with Crippen molar-refractivity contribution in [2.45, 2.75) is 50.5 Å². The molecule has 0 saturated heterocycles. The molecule has 0 unspecified atom stereocenters. The lowest BCUT2D eigenvalue weighted by Crippen LogP contribution is -2.42. The van der Waals surface area contributed by atoms with Crippen LogP contribution in [0.3, 0.4) is 0 Å². The molecule has 2 aromatic rings. The number of carbonyl (C=O) groups is 1. The van der Waals surface area contributed by atoms with Crippen LogP contribution in [0.4, 0.5) is 10.1 Å². The van der Waals surface area contributed by atoms with Crippen LogP contribution in [-0.4, -0.2) is 25.7 Å². The van der Waals surface area contributed by atoms with Crippen LogP contribution < -0.4 is 10.1 Å². The average molecular weight is 420 g/mol. The highest BCUT2D eigenvalue weighted by molar-refractivity contribution is 6.32. The molecule has 1 fully saturated rings. The number of hydrogen-bond acceptors (Lipinski definition) is 3. The van der Waals surface area contributed by atoms with Gasteiger partial charge in [-0.15, -0.1) is 0 Å². The van der Waals surface area contributed by atoms with E-state index in [1.165, 1.54) is 12.1 Å². The molecule has 0 heterocycles. The molecule has 1 amide bonds. The van der Waals surface area contributed by atoms with Gasteiger partial charge in [-0.3, -0.25) is 4.79 Å². The van der Waals surface area contributed by atoms with E-state index in [-0.39, 0.29) is 17.8 Å². The lowest BCUT2D eigenvalue weighted by Gasteiger charge is -2.36. The zero-order chi connectivity index (χ0) is 20.9. The Bertz CT molecular complexity index is 835. The number of anilines is 1. The Kier molecular flexibility index (Phi) is 7.14. The summed E-state index contributed by atoms with van der Waals surface area (Å²) < 4.78 is 24.2. The molecule has 1 N–H and O–H groups in total. The predicted molar refractivity (Wildman–Crippen MR) is 113 cm³/mol. The second kappa shape index (κ2) is 9.59. The van der Waals surface area contributed by atoms with Gasteiger partial charge < -0.3 is 14.8 Å². The Balaban J connectivity index is 1.79. The Morgan fingerprint density at radius 3 is 2.48 bits per heavy atom. The quantitative estimate of drug-likeness (QED) is 0.623. The number of methoxy groups -OCH3 is 1. The van der Waals surface area contributed by atoms with Gasteiger partial charge in [0.15, 0.2) is 0 Å². The number of carbonyl (C=O) groups excluding carboxylic acids is 1. The van der Waals surface area contributed by atoms with Crippen molar-refractivity contribution in [3.63, 3.8) is 0 Å². The summed E-state index contributed by atoms with van der Waals surface area (Å²) in [6.45, 7) is 2.35. The molecule has 6 heteroatoms. The summed E-state index contributed by atoms with van der Waals surface area (Å²) in [6, 6.07) is 11.5. The standard InChI is InChI=1S/C23H27ClFNO3/c1-16(15-28-2)29-21-11-10-19(14-20(21)24)26-22(27)23(12-4-3-5-13-23)17-6-8-18(25)9-7-17/h6-11,14,16H,3-5,12-13,15H2,1-2H3,(H,26,27)/t16-/m0/s1. The molecule has 4 nitrogen and oxygen atoms in total. The third-order valence-corrected chi connectivity index (χ3v) is 5.75. The third-order valence-electron chi connectivity index (χ3n) is 5.46. The van der Waals surface area contributed by atoms with Gasteiger partial charge in [0, 0.05) is 12.8 Å². The Hall–Kier alpha value is -2.11. The summed E-state index contributed by atoms with van der Waals surface area (Å²) in [7, 11) is 1.61. The summed E-state index contributed by atoms with van der Waals surface area (Å²) >= 11 is 6.35. The summed E-state index contributed by atoms with van der Waals surface area (Å²) in [4.78, 5) is 13.3. The van der Waals surface area contributed by atoms with E-state index in [0.29, 0.717) is 23.1 Å². The first-order valence-electron chi connectivity index (χ1n) is 9.97. The van der Waals surface area contributed by atoms with E-state index in [4.69, 9.17) is 21.1 Å². The van der Waals surface area contributed by atoms with Gasteiger partial charge in [-0.25, -0.2) is 4.39 Å². The fourth-order valence-electron chi connectivity index (χ4n) is 3.98. The molecular formula is C23H27ClFNO3. The summed E-state index contributed by atoms with van der Waals surface area (Å²) in [5, 5.41) is 3.44. The number of benzene rings is 2. The van der Waals surface area contributed by atoms with Crippen LogP contribution in [0.25, 0.3) is 0 Å². The Morgan fingerprint density at radius 2 is 1.86 bits per heavy atom. The summed E-state index contributed by atoms with van der Waals surface area (Å²) in [5.41, 5.74) is 0.815.